The number of amides is 1. The van der Waals surface area contributed by atoms with Gasteiger partial charge in [-0.05, 0) is 23.8 Å². The van der Waals surface area contributed by atoms with Crippen LogP contribution in [0.3, 0.4) is 0 Å². The first-order chi connectivity index (χ1) is 9.99. The summed E-state index contributed by atoms with van der Waals surface area (Å²) >= 11 is 3.14. The van der Waals surface area contributed by atoms with Crippen LogP contribution in [0.2, 0.25) is 0 Å². The Kier molecular flexibility index (Phi) is 9.96. The van der Waals surface area contributed by atoms with E-state index in [1.807, 2.05) is 22.9 Å². The highest BCUT2D eigenvalue weighted by atomic mass is 35.5. The van der Waals surface area contributed by atoms with E-state index in [9.17, 15) is 4.79 Å². The number of thiophene rings is 1. The molecule has 0 saturated carbocycles. The third-order valence-electron chi connectivity index (χ3n) is 3.46. The molecule has 2 heterocycles. The minimum absolute atomic E-state index is 0. The van der Waals surface area contributed by atoms with Gasteiger partial charge in [-0.2, -0.15) is 0 Å². The molecule has 2 N–H and O–H groups in total. The molecule has 0 bridgehead atoms. The van der Waals surface area contributed by atoms with Crippen molar-refractivity contribution in [2.45, 2.75) is 26.3 Å². The highest BCUT2D eigenvalue weighted by molar-refractivity contribution is 7.20. The summed E-state index contributed by atoms with van der Waals surface area (Å²) in [7, 11) is 1.81. The number of nitrogens with zero attached hydrogens (tertiary/aromatic N) is 2. The summed E-state index contributed by atoms with van der Waals surface area (Å²) < 4.78 is 0. The van der Waals surface area contributed by atoms with E-state index in [4.69, 9.17) is 5.73 Å². The van der Waals surface area contributed by atoms with Crippen LogP contribution in [0.25, 0.3) is 9.88 Å². The molecule has 4 nitrogen and oxygen atoms in total. The molecule has 0 radical (unpaired) electrons. The monoisotopic (exact) mass is 395 g/mol. The summed E-state index contributed by atoms with van der Waals surface area (Å²) in [5.74, 6) is 0.392. The van der Waals surface area contributed by atoms with Crippen LogP contribution in [0.4, 0.5) is 0 Å². The van der Waals surface area contributed by atoms with Gasteiger partial charge in [0.2, 0.25) is 0 Å². The van der Waals surface area contributed by atoms with Gasteiger partial charge in [-0.15, -0.1) is 47.5 Å². The van der Waals surface area contributed by atoms with E-state index in [2.05, 4.69) is 18.8 Å². The maximum Gasteiger partial charge on any atom is 0.273 e. The maximum atomic E-state index is 12.3. The molecule has 130 valence electrons. The average molecular weight is 396 g/mol. The lowest BCUT2D eigenvalue weighted by Gasteiger charge is -2.20. The molecule has 0 aromatic carbocycles. The third kappa shape index (κ3) is 6.04. The molecule has 1 amide bonds. The van der Waals surface area contributed by atoms with Gasteiger partial charge in [-0.25, -0.2) is 4.98 Å². The summed E-state index contributed by atoms with van der Waals surface area (Å²) in [5.41, 5.74) is 6.54. The summed E-state index contributed by atoms with van der Waals surface area (Å²) in [6, 6.07) is 4.13. The Hall–Kier alpha value is -0.660. The van der Waals surface area contributed by atoms with Gasteiger partial charge >= 0.3 is 0 Å². The molecule has 8 heteroatoms. The molecule has 2 aromatic heterocycles. The molecule has 0 aliphatic heterocycles. The normalized spacial score (nSPS) is 11.5. The molecule has 0 fully saturated rings. The number of carbonyl (C=O) groups excluding carboxylic acids is 1. The van der Waals surface area contributed by atoms with Gasteiger partial charge in [-0.1, -0.05) is 19.9 Å². The minimum Gasteiger partial charge on any atom is -0.340 e. The number of aromatic nitrogens is 1. The first-order valence-corrected chi connectivity index (χ1v) is 8.75. The number of nitrogens with two attached hydrogens (primary N) is 1. The number of hydrogen-bond acceptors (Lipinski definition) is 5. The number of hydrogen-bond donors (Lipinski definition) is 1. The van der Waals surface area contributed by atoms with Crippen molar-refractivity contribution < 1.29 is 4.79 Å². The van der Waals surface area contributed by atoms with Crippen molar-refractivity contribution in [2.75, 3.05) is 13.6 Å². The predicted octanol–water partition coefficient (Wildman–Crippen LogP) is 4.16. The molecular weight excluding hydrogens is 373 g/mol. The molecule has 2 aromatic rings. The topological polar surface area (TPSA) is 59.2 Å². The smallest absolute Gasteiger partial charge is 0.273 e. The summed E-state index contributed by atoms with van der Waals surface area (Å²) in [4.78, 5) is 19.6. The van der Waals surface area contributed by atoms with Crippen molar-refractivity contribution in [1.82, 2.24) is 9.88 Å². The van der Waals surface area contributed by atoms with Gasteiger partial charge in [0, 0.05) is 25.0 Å². The zero-order valence-corrected chi connectivity index (χ0v) is 16.7. The highest BCUT2D eigenvalue weighted by Crippen LogP contribution is 2.28. The van der Waals surface area contributed by atoms with Crippen LogP contribution in [0, 0.1) is 5.92 Å². The van der Waals surface area contributed by atoms with Crippen molar-refractivity contribution in [3.05, 3.63) is 28.6 Å². The second kappa shape index (κ2) is 10.3. The summed E-state index contributed by atoms with van der Waals surface area (Å²) in [6.07, 6.45) is 0.807. The fraction of sp³-hybridized carbons (Fsp3) is 0.467. The minimum atomic E-state index is -0.0370. The van der Waals surface area contributed by atoms with Crippen molar-refractivity contribution in [3.8, 4) is 9.88 Å². The van der Waals surface area contributed by atoms with E-state index in [1.54, 1.807) is 23.3 Å². The van der Waals surface area contributed by atoms with E-state index in [0.717, 1.165) is 16.3 Å². The zero-order chi connectivity index (χ0) is 15.4. The van der Waals surface area contributed by atoms with Crippen molar-refractivity contribution in [2.24, 2.45) is 11.7 Å². The number of halogens is 2. The van der Waals surface area contributed by atoms with Crippen LogP contribution in [0.1, 0.15) is 30.8 Å². The Balaban J connectivity index is 0.00000242. The van der Waals surface area contributed by atoms with E-state index in [1.165, 1.54) is 11.3 Å². The molecule has 1 unspecified atom stereocenters. The van der Waals surface area contributed by atoms with E-state index < -0.39 is 0 Å². The molecular formula is C15H23Cl2N3OS2. The van der Waals surface area contributed by atoms with Crippen LogP contribution in [-0.4, -0.2) is 35.4 Å². The van der Waals surface area contributed by atoms with Gasteiger partial charge in [-0.3, -0.25) is 4.79 Å². The zero-order valence-electron chi connectivity index (χ0n) is 13.4. The van der Waals surface area contributed by atoms with Crippen LogP contribution >= 0.6 is 47.5 Å². The van der Waals surface area contributed by atoms with Gasteiger partial charge in [0.15, 0.2) is 0 Å². The highest BCUT2D eigenvalue weighted by Gasteiger charge is 2.17. The molecule has 1 atom stereocenters. The Morgan fingerprint density at radius 1 is 1.35 bits per heavy atom. The van der Waals surface area contributed by atoms with Crippen molar-refractivity contribution in [3.63, 3.8) is 0 Å². The molecule has 2 rings (SSSR count). The molecule has 0 saturated heterocycles. The lowest BCUT2D eigenvalue weighted by Crippen LogP contribution is -2.34. The third-order valence-corrected chi connectivity index (χ3v) is 5.34. The van der Waals surface area contributed by atoms with Crippen LogP contribution in [0.15, 0.2) is 22.9 Å². The largest absolute Gasteiger partial charge is 0.340 e. The fourth-order valence-electron chi connectivity index (χ4n) is 1.86. The van der Waals surface area contributed by atoms with Crippen LogP contribution in [0.5, 0.6) is 0 Å². The lowest BCUT2D eigenvalue weighted by molar-refractivity contribution is 0.0784. The van der Waals surface area contributed by atoms with Crippen molar-refractivity contribution in [1.29, 1.82) is 0 Å². The summed E-state index contributed by atoms with van der Waals surface area (Å²) in [6.45, 7) is 4.85. The second-order valence-corrected chi connectivity index (χ2v) is 7.24. The number of rotatable bonds is 6. The van der Waals surface area contributed by atoms with Gasteiger partial charge < -0.3 is 10.6 Å². The Morgan fingerprint density at radius 2 is 2.04 bits per heavy atom. The Morgan fingerprint density at radius 3 is 2.61 bits per heavy atom. The van der Waals surface area contributed by atoms with E-state index in [0.29, 0.717) is 18.2 Å². The fourth-order valence-corrected chi connectivity index (χ4v) is 3.47. The Bertz CT molecular complexity index is 587. The predicted molar refractivity (Wildman–Crippen MR) is 104 cm³/mol. The molecule has 23 heavy (non-hydrogen) atoms. The molecule has 0 spiro atoms. The Labute approximate surface area is 157 Å². The molecule has 0 aliphatic rings. The first-order valence-electron chi connectivity index (χ1n) is 6.99. The lowest BCUT2D eigenvalue weighted by atomic mass is 10.0. The number of thiazole rings is 1. The SMILES string of the molecule is CC(C)C(N)CCN(C)C(=O)c1csc(-c2cccs2)n1.Cl.Cl. The first kappa shape index (κ1) is 22.3. The quantitative estimate of drug-likeness (QED) is 0.798. The summed E-state index contributed by atoms with van der Waals surface area (Å²) in [5, 5.41) is 4.74. The van der Waals surface area contributed by atoms with Gasteiger partial charge in [0.05, 0.1) is 4.88 Å². The van der Waals surface area contributed by atoms with Crippen LogP contribution in [-0.2, 0) is 0 Å². The van der Waals surface area contributed by atoms with E-state index in [-0.39, 0.29) is 36.8 Å². The molecule has 0 aliphatic carbocycles. The maximum absolute atomic E-state index is 12.3. The van der Waals surface area contributed by atoms with Gasteiger partial charge in [0.25, 0.3) is 5.91 Å². The average Bonchev–Trinajstić information content (AvgIpc) is 3.12. The standard InChI is InChI=1S/C15H21N3OS2.2ClH/c1-10(2)11(16)6-7-18(3)15(19)12-9-21-14(17-12)13-5-4-8-20-13;;/h4-5,8-11H,6-7,16H2,1-3H3;2*1H. The van der Waals surface area contributed by atoms with Crippen molar-refractivity contribution >= 4 is 53.4 Å². The number of carbonyl (C=O) groups is 1. The van der Waals surface area contributed by atoms with E-state index >= 15 is 0 Å². The van der Waals surface area contributed by atoms with Crippen LogP contribution < -0.4 is 5.73 Å². The second-order valence-electron chi connectivity index (χ2n) is 5.44. The van der Waals surface area contributed by atoms with Gasteiger partial charge in [0.1, 0.15) is 10.7 Å².